The molecule has 3 aromatic carbocycles. The smallest absolute Gasteiger partial charge is 0.244 e. The van der Waals surface area contributed by atoms with Crippen LogP contribution in [0.4, 0.5) is 10.1 Å². The van der Waals surface area contributed by atoms with Crippen molar-refractivity contribution in [3.05, 3.63) is 78.1 Å². The number of hydrogen-bond acceptors (Lipinski definition) is 4. The molecular weight excluding hydrogens is 493 g/mol. The van der Waals surface area contributed by atoms with Crippen molar-refractivity contribution in [1.82, 2.24) is 10.2 Å². The highest BCUT2D eigenvalue weighted by molar-refractivity contribution is 7.92. The van der Waals surface area contributed by atoms with E-state index in [9.17, 15) is 22.4 Å². The second-order valence-electron chi connectivity index (χ2n) is 9.48. The van der Waals surface area contributed by atoms with Crippen LogP contribution in [0.15, 0.2) is 66.7 Å². The number of anilines is 1. The van der Waals surface area contributed by atoms with Crippen LogP contribution in [-0.4, -0.2) is 50.5 Å². The van der Waals surface area contributed by atoms with Gasteiger partial charge in [0.15, 0.2) is 0 Å². The Labute approximate surface area is 218 Å². The number of sulfonamides is 1. The third-order valence-electron chi connectivity index (χ3n) is 6.05. The molecule has 0 aliphatic carbocycles. The molecule has 3 aromatic rings. The fourth-order valence-electron chi connectivity index (χ4n) is 4.15. The first-order valence-corrected chi connectivity index (χ1v) is 14.1. The fraction of sp³-hybridized carbons (Fsp3) is 0.357. The highest BCUT2D eigenvalue weighted by Gasteiger charge is 2.32. The molecule has 0 spiro atoms. The number of carbonyl (C=O) groups excluding carboxylic acids is 2. The number of carbonyl (C=O) groups is 2. The molecule has 1 atom stereocenters. The average molecular weight is 528 g/mol. The fourth-order valence-corrected chi connectivity index (χ4v) is 5.01. The van der Waals surface area contributed by atoms with Gasteiger partial charge in [-0.15, -0.1) is 0 Å². The first-order valence-electron chi connectivity index (χ1n) is 12.3. The zero-order valence-electron chi connectivity index (χ0n) is 21.6. The summed E-state index contributed by atoms with van der Waals surface area (Å²) in [6.07, 6.45) is 1.38. The molecule has 0 fully saturated rings. The predicted molar refractivity (Wildman–Crippen MR) is 145 cm³/mol. The number of hydrogen-bond donors (Lipinski definition) is 1. The molecule has 1 N–H and O–H groups in total. The number of fused-ring (bicyclic) bond motifs is 1. The van der Waals surface area contributed by atoms with Gasteiger partial charge in [0.2, 0.25) is 21.8 Å². The summed E-state index contributed by atoms with van der Waals surface area (Å²) in [6, 6.07) is 17.5. The minimum Gasteiger partial charge on any atom is -0.354 e. The summed E-state index contributed by atoms with van der Waals surface area (Å²) in [5, 5.41) is 4.40. The maximum atomic E-state index is 13.8. The Morgan fingerprint density at radius 2 is 1.62 bits per heavy atom. The summed E-state index contributed by atoms with van der Waals surface area (Å²) in [5.41, 5.74) is 1.01. The Morgan fingerprint density at radius 3 is 2.24 bits per heavy atom. The Balaban J connectivity index is 2.00. The topological polar surface area (TPSA) is 86.8 Å². The van der Waals surface area contributed by atoms with Gasteiger partial charge in [-0.25, -0.2) is 12.8 Å². The molecule has 3 rings (SSSR count). The molecule has 1 unspecified atom stereocenters. The molecule has 7 nitrogen and oxygen atoms in total. The Hall–Kier alpha value is -3.46. The van der Waals surface area contributed by atoms with Crippen molar-refractivity contribution < 1.29 is 22.4 Å². The zero-order valence-corrected chi connectivity index (χ0v) is 22.5. The minimum absolute atomic E-state index is 0.0276. The van der Waals surface area contributed by atoms with E-state index in [1.807, 2.05) is 32.0 Å². The van der Waals surface area contributed by atoms with Crippen molar-refractivity contribution >= 4 is 38.3 Å². The number of benzene rings is 3. The van der Waals surface area contributed by atoms with Crippen LogP contribution in [0.5, 0.6) is 0 Å². The van der Waals surface area contributed by atoms with Crippen LogP contribution in [-0.2, 0) is 26.2 Å². The van der Waals surface area contributed by atoms with Crippen LogP contribution < -0.4 is 9.62 Å². The number of nitrogens with one attached hydrogen (secondary N) is 1. The van der Waals surface area contributed by atoms with E-state index < -0.39 is 34.3 Å². The van der Waals surface area contributed by atoms with Gasteiger partial charge in [0.25, 0.3) is 0 Å². The maximum absolute atomic E-state index is 13.8. The highest BCUT2D eigenvalue weighted by Crippen LogP contribution is 2.29. The molecule has 0 saturated heterocycles. The van der Waals surface area contributed by atoms with Gasteiger partial charge < -0.3 is 10.2 Å². The molecule has 0 aromatic heterocycles. The third kappa shape index (κ3) is 7.29. The van der Waals surface area contributed by atoms with Crippen LogP contribution in [0.2, 0.25) is 0 Å². The predicted octanol–water partition coefficient (Wildman–Crippen LogP) is 4.32. The molecule has 0 saturated carbocycles. The summed E-state index contributed by atoms with van der Waals surface area (Å²) in [4.78, 5) is 28.3. The molecule has 198 valence electrons. The van der Waals surface area contributed by atoms with Gasteiger partial charge >= 0.3 is 0 Å². The van der Waals surface area contributed by atoms with Gasteiger partial charge in [-0.1, -0.05) is 69.3 Å². The first kappa shape index (κ1) is 28.1. The van der Waals surface area contributed by atoms with Crippen LogP contribution in [0.1, 0.15) is 32.8 Å². The SMILES string of the molecule is CCC(C(=O)NCC(C)C)N(Cc1ccc(F)cc1)C(=O)CN(c1cccc2ccccc12)S(C)(=O)=O. The highest BCUT2D eigenvalue weighted by atomic mass is 32.2. The van der Waals surface area contributed by atoms with E-state index in [0.29, 0.717) is 29.6 Å². The minimum atomic E-state index is -3.85. The van der Waals surface area contributed by atoms with Crippen molar-refractivity contribution in [2.24, 2.45) is 5.92 Å². The summed E-state index contributed by atoms with van der Waals surface area (Å²) in [7, 11) is -3.85. The van der Waals surface area contributed by atoms with Crippen molar-refractivity contribution in [3.8, 4) is 0 Å². The molecule has 37 heavy (non-hydrogen) atoms. The second-order valence-corrected chi connectivity index (χ2v) is 11.4. The molecule has 0 radical (unpaired) electrons. The van der Waals surface area contributed by atoms with E-state index in [2.05, 4.69) is 5.32 Å². The Kier molecular flexibility index (Phi) is 9.26. The average Bonchev–Trinajstić information content (AvgIpc) is 2.86. The maximum Gasteiger partial charge on any atom is 0.244 e. The van der Waals surface area contributed by atoms with Crippen LogP contribution in [0.3, 0.4) is 0 Å². The molecule has 9 heteroatoms. The number of nitrogens with zero attached hydrogens (tertiary/aromatic N) is 2. The summed E-state index contributed by atoms with van der Waals surface area (Å²) in [5.74, 6) is -1.05. The van der Waals surface area contributed by atoms with Gasteiger partial charge in [0, 0.05) is 18.5 Å². The number of rotatable bonds is 11. The monoisotopic (exact) mass is 527 g/mol. The largest absolute Gasteiger partial charge is 0.354 e. The van der Waals surface area contributed by atoms with Crippen molar-refractivity contribution in [1.29, 1.82) is 0 Å². The lowest BCUT2D eigenvalue weighted by Gasteiger charge is -2.33. The third-order valence-corrected chi connectivity index (χ3v) is 7.18. The lowest BCUT2D eigenvalue weighted by atomic mass is 10.1. The van der Waals surface area contributed by atoms with E-state index in [-0.39, 0.29) is 18.4 Å². The van der Waals surface area contributed by atoms with E-state index >= 15 is 0 Å². The number of amides is 2. The van der Waals surface area contributed by atoms with Crippen LogP contribution in [0.25, 0.3) is 10.8 Å². The van der Waals surface area contributed by atoms with E-state index in [1.54, 1.807) is 43.3 Å². The lowest BCUT2D eigenvalue weighted by Crippen LogP contribution is -2.52. The van der Waals surface area contributed by atoms with Gasteiger partial charge in [-0.3, -0.25) is 13.9 Å². The molecule has 0 aliphatic heterocycles. The van der Waals surface area contributed by atoms with Crippen LogP contribution >= 0.6 is 0 Å². The molecular formula is C28H34FN3O4S. The van der Waals surface area contributed by atoms with Gasteiger partial charge in [-0.2, -0.15) is 0 Å². The summed E-state index contributed by atoms with van der Waals surface area (Å²) in [6.45, 7) is 5.72. The van der Waals surface area contributed by atoms with Gasteiger partial charge in [0.1, 0.15) is 18.4 Å². The van der Waals surface area contributed by atoms with Crippen molar-refractivity contribution in [2.75, 3.05) is 23.7 Å². The second kappa shape index (κ2) is 12.2. The van der Waals surface area contributed by atoms with E-state index in [0.717, 1.165) is 15.9 Å². The lowest BCUT2D eigenvalue weighted by molar-refractivity contribution is -0.140. The summed E-state index contributed by atoms with van der Waals surface area (Å²) < 4.78 is 40.4. The van der Waals surface area contributed by atoms with Crippen molar-refractivity contribution in [2.45, 2.75) is 39.8 Å². The van der Waals surface area contributed by atoms with E-state index in [4.69, 9.17) is 0 Å². The molecule has 0 bridgehead atoms. The standard InChI is InChI=1S/C28H34FN3O4S/c1-5-25(28(34)30-17-20(2)3)31(18-21-13-15-23(29)16-14-21)27(33)19-32(37(4,35)36)26-12-8-10-22-9-6-7-11-24(22)26/h6-16,20,25H,5,17-19H2,1-4H3,(H,30,34). The Bertz CT molecular complexity index is 1340. The quantitative estimate of drug-likeness (QED) is 0.402. The van der Waals surface area contributed by atoms with Gasteiger partial charge in [-0.05, 0) is 41.5 Å². The van der Waals surface area contributed by atoms with Crippen molar-refractivity contribution in [3.63, 3.8) is 0 Å². The molecule has 0 heterocycles. The Morgan fingerprint density at radius 1 is 0.973 bits per heavy atom. The summed E-state index contributed by atoms with van der Waals surface area (Å²) >= 11 is 0. The molecule has 0 aliphatic rings. The van der Waals surface area contributed by atoms with Gasteiger partial charge in [0.05, 0.1) is 11.9 Å². The zero-order chi connectivity index (χ0) is 27.2. The van der Waals surface area contributed by atoms with Crippen LogP contribution in [0, 0.1) is 11.7 Å². The van der Waals surface area contributed by atoms with E-state index in [1.165, 1.54) is 17.0 Å². The normalized spacial score (nSPS) is 12.4. The number of halogens is 1. The molecule has 2 amide bonds. The first-order chi connectivity index (χ1) is 17.5.